The van der Waals surface area contributed by atoms with Gasteiger partial charge in [0.1, 0.15) is 0 Å². The Bertz CT molecular complexity index is 163. The quantitative estimate of drug-likeness (QED) is 0.593. The van der Waals surface area contributed by atoms with Crippen LogP contribution in [0.5, 0.6) is 0 Å². The predicted molar refractivity (Wildman–Crippen MR) is 47.2 cm³/mol. The van der Waals surface area contributed by atoms with Gasteiger partial charge in [0, 0.05) is 0 Å². The summed E-state index contributed by atoms with van der Waals surface area (Å²) in [6.07, 6.45) is 0.441. The van der Waals surface area contributed by atoms with Crippen molar-refractivity contribution in [1.29, 1.82) is 0 Å². The molecule has 0 heterocycles. The van der Waals surface area contributed by atoms with Crippen LogP contribution in [-0.4, -0.2) is 35.6 Å². The van der Waals surface area contributed by atoms with Crippen LogP contribution in [0, 0.1) is 0 Å². The van der Waals surface area contributed by atoms with E-state index in [4.69, 9.17) is 11.6 Å². The molecule has 5 heteroatoms. The number of carbonyl (C=O) groups excluding carboxylic acids is 2. The van der Waals surface area contributed by atoms with Gasteiger partial charge in [0.2, 0.25) is 0 Å². The Morgan fingerprint density at radius 1 is 1.55 bits per heavy atom. The minimum atomic E-state index is -2.40. The molecule has 0 spiro atoms. The number of carbonyl (C=O) groups is 2. The maximum atomic E-state index is 10.9. The Morgan fingerprint density at radius 3 is 2.45 bits per heavy atom. The fraction of sp³-hybridized carbons (Fsp3) is 0.667. The summed E-state index contributed by atoms with van der Waals surface area (Å²) in [5, 5.41) is 0. The van der Waals surface area contributed by atoms with Crippen LogP contribution in [0.15, 0.2) is 0 Å². The molecular weight excluding hydrogens is 272 g/mol. The van der Waals surface area contributed by atoms with Gasteiger partial charge in [-0.25, -0.2) is 0 Å². The molecule has 64 valence electrons. The first-order chi connectivity index (χ1) is 5.11. The van der Waals surface area contributed by atoms with E-state index in [1.165, 1.54) is 0 Å². The first-order valence-electron chi connectivity index (χ1n) is 3.49. The van der Waals surface area contributed by atoms with E-state index in [1.54, 1.807) is 6.92 Å². The Kier molecular flexibility index (Phi) is 5.95. The molecule has 0 saturated carbocycles. The van der Waals surface area contributed by atoms with Gasteiger partial charge < -0.3 is 0 Å². The second-order valence-corrected chi connectivity index (χ2v) is 9.29. The van der Waals surface area contributed by atoms with Crippen LogP contribution < -0.4 is 3.54 Å². The summed E-state index contributed by atoms with van der Waals surface area (Å²) in [6.45, 7) is 1.76. The molecule has 11 heavy (non-hydrogen) atoms. The van der Waals surface area contributed by atoms with Crippen molar-refractivity contribution < 1.29 is 9.59 Å². The topological polar surface area (TPSA) is 46.2 Å². The summed E-state index contributed by atoms with van der Waals surface area (Å²) in [5.74, 6) is 0.00750. The van der Waals surface area contributed by atoms with E-state index in [9.17, 15) is 9.59 Å². The summed E-state index contributed by atoms with van der Waals surface area (Å²) in [5.41, 5.74) is 0. The number of alkyl halides is 1. The number of amides is 1. The van der Waals surface area contributed by atoms with Gasteiger partial charge in [0.25, 0.3) is 0 Å². The molecule has 0 rings (SSSR count). The van der Waals surface area contributed by atoms with Crippen LogP contribution >= 0.6 is 11.6 Å². The molecule has 0 aliphatic heterocycles. The number of rotatable bonds is 4. The summed E-state index contributed by atoms with van der Waals surface area (Å²) < 4.78 is 2.77. The van der Waals surface area contributed by atoms with Gasteiger partial charge in [-0.05, 0) is 0 Å². The standard InChI is InChI=1S/C3H7NO.C2H2ClO.CH3.Sn.H/c1-2-3(4)5;3-1-2-4;;;/h2H2,1H3,(H2,4,5);1H2;1H3;;/q;;;+1;/p-1. The SMILES string of the molecule is CCC(=O)[NH][SnH]([CH3])[C](=O)CCl. The van der Waals surface area contributed by atoms with E-state index < -0.39 is 20.0 Å². The molecule has 0 fully saturated rings. The predicted octanol–water partition coefficient (Wildman–Crippen LogP) is 0.213. The van der Waals surface area contributed by atoms with Gasteiger partial charge in [0.05, 0.1) is 0 Å². The van der Waals surface area contributed by atoms with Gasteiger partial charge in [-0.1, -0.05) is 0 Å². The summed E-state index contributed by atoms with van der Waals surface area (Å²) in [4.78, 5) is 23.5. The van der Waals surface area contributed by atoms with Gasteiger partial charge in [-0.15, -0.1) is 0 Å². The monoisotopic (exact) mass is 285 g/mol. The molecule has 1 atom stereocenters. The molecule has 0 radical (unpaired) electrons. The average Bonchev–Trinajstić information content (AvgIpc) is 2.02. The molecule has 0 aromatic heterocycles. The van der Waals surface area contributed by atoms with E-state index in [0.717, 1.165) is 0 Å². The zero-order valence-electron chi connectivity index (χ0n) is 6.69. The molecule has 3 nitrogen and oxygen atoms in total. The summed E-state index contributed by atoms with van der Waals surface area (Å²) >= 11 is 2.93. The zero-order chi connectivity index (χ0) is 8.85. The molecule has 1 amide bonds. The second kappa shape index (κ2) is 5.83. The van der Waals surface area contributed by atoms with Crippen LogP contribution in [0.2, 0.25) is 4.94 Å². The van der Waals surface area contributed by atoms with Crippen molar-refractivity contribution in [3.63, 3.8) is 0 Å². The van der Waals surface area contributed by atoms with Crippen LogP contribution in [0.4, 0.5) is 0 Å². The molecule has 0 aromatic rings. The van der Waals surface area contributed by atoms with E-state index in [0.29, 0.717) is 6.42 Å². The first-order valence-corrected chi connectivity index (χ1v) is 10.6. The molecule has 0 aromatic carbocycles. The van der Waals surface area contributed by atoms with Crippen LogP contribution in [-0.2, 0) is 9.59 Å². The third-order valence-corrected chi connectivity index (χ3v) is 7.81. The average molecular weight is 284 g/mol. The van der Waals surface area contributed by atoms with Crippen LogP contribution in [0.1, 0.15) is 13.3 Å². The molecule has 0 aliphatic rings. The fourth-order valence-corrected chi connectivity index (χ4v) is 5.17. The summed E-state index contributed by atoms with van der Waals surface area (Å²) in [7, 11) is 0. The van der Waals surface area contributed by atoms with Gasteiger partial charge in [-0.2, -0.15) is 0 Å². The minimum absolute atomic E-state index is 0.0354. The maximum absolute atomic E-state index is 10.9. The third-order valence-electron chi connectivity index (χ3n) is 1.31. The Labute approximate surface area is 78.6 Å². The van der Waals surface area contributed by atoms with Crippen molar-refractivity contribution in [1.82, 2.24) is 3.54 Å². The zero-order valence-corrected chi connectivity index (χ0v) is 10.7. The van der Waals surface area contributed by atoms with E-state index in [1.807, 2.05) is 4.94 Å². The molecule has 1 unspecified atom stereocenters. The van der Waals surface area contributed by atoms with Crippen molar-refractivity contribution >= 4 is 41.3 Å². The third kappa shape index (κ3) is 4.63. The van der Waals surface area contributed by atoms with Crippen molar-refractivity contribution in [2.24, 2.45) is 0 Å². The van der Waals surface area contributed by atoms with E-state index >= 15 is 0 Å². The Balaban J connectivity index is 3.77. The molecular formula is C6H12ClNO2Sn. The van der Waals surface area contributed by atoms with Crippen molar-refractivity contribution in [2.75, 3.05) is 5.88 Å². The van der Waals surface area contributed by atoms with Crippen LogP contribution in [0.3, 0.4) is 0 Å². The number of nitrogens with one attached hydrogen (secondary N) is 1. The van der Waals surface area contributed by atoms with Crippen LogP contribution in [0.25, 0.3) is 0 Å². The molecule has 1 N–H and O–H groups in total. The van der Waals surface area contributed by atoms with Gasteiger partial charge >= 0.3 is 78.6 Å². The Morgan fingerprint density at radius 2 is 2.09 bits per heavy atom. The number of hydrogen-bond acceptors (Lipinski definition) is 2. The first kappa shape index (κ1) is 11.2. The van der Waals surface area contributed by atoms with Crippen molar-refractivity contribution in [2.45, 2.75) is 18.3 Å². The normalized spacial score (nSPS) is 12.3. The fourth-order valence-electron chi connectivity index (χ4n) is 0.540. The second-order valence-electron chi connectivity index (χ2n) is 2.24. The number of halogens is 1. The van der Waals surface area contributed by atoms with E-state index in [-0.39, 0.29) is 15.6 Å². The van der Waals surface area contributed by atoms with Crippen molar-refractivity contribution in [3.8, 4) is 0 Å². The van der Waals surface area contributed by atoms with Gasteiger partial charge in [0.15, 0.2) is 0 Å². The van der Waals surface area contributed by atoms with Crippen molar-refractivity contribution in [3.05, 3.63) is 0 Å². The summed E-state index contributed by atoms with van der Waals surface area (Å²) in [6, 6.07) is 0. The Hall–Kier alpha value is 0.229. The molecule has 0 aliphatic carbocycles. The van der Waals surface area contributed by atoms with E-state index in [2.05, 4.69) is 3.54 Å². The molecule has 0 saturated heterocycles. The molecule has 0 bridgehead atoms. The van der Waals surface area contributed by atoms with Gasteiger partial charge in [-0.3, -0.25) is 0 Å². The number of hydrogen-bond donors (Lipinski definition) is 1.